The molecule has 2 N–H and O–H groups in total. The van der Waals surface area contributed by atoms with Gasteiger partial charge in [0, 0.05) is 42.7 Å². The smallest absolute Gasteiger partial charge is 0.407 e. The Kier molecular flexibility index (Phi) is 7.68. The first-order valence-electron chi connectivity index (χ1n) is 13.0. The molecule has 5 rings (SSSR count). The number of fused-ring (bicyclic) bond motifs is 1. The van der Waals surface area contributed by atoms with Gasteiger partial charge in [-0.3, -0.25) is 0 Å². The van der Waals surface area contributed by atoms with Crippen LogP contribution in [0.15, 0.2) is 42.5 Å². The largest absolute Gasteiger partial charge is 0.494 e. The molecule has 2 aromatic carbocycles. The standard InChI is InChI=1S/C27H34ClN3O5S/c28-22-6-4-21(5-7-22)27(10-1-11-27)25-24-19-23(8-3-20(24)9-12-29-25)36-17-2-18-37(34,35)31-15-13-30(14-16-31)26(32)33/h3-8,19,25,29H,1-2,9-18H2,(H,32,33). The normalized spacial score (nSPS) is 21.6. The topological polar surface area (TPSA) is 99.2 Å². The lowest BCUT2D eigenvalue weighted by atomic mass is 9.58. The molecule has 0 bridgehead atoms. The Morgan fingerprint density at radius 3 is 2.49 bits per heavy atom. The van der Waals surface area contributed by atoms with Crippen molar-refractivity contribution in [3.63, 3.8) is 0 Å². The zero-order chi connectivity index (χ0) is 26.0. The number of benzene rings is 2. The number of rotatable bonds is 8. The third-order valence-corrected chi connectivity index (χ3v) is 10.3. The Morgan fingerprint density at radius 2 is 1.84 bits per heavy atom. The molecule has 2 heterocycles. The Labute approximate surface area is 223 Å². The molecule has 0 radical (unpaired) electrons. The Bertz CT molecular complexity index is 1230. The van der Waals surface area contributed by atoms with Crippen molar-refractivity contribution in [1.82, 2.24) is 14.5 Å². The summed E-state index contributed by atoms with van der Waals surface area (Å²) in [4.78, 5) is 12.3. The fourth-order valence-electron chi connectivity index (χ4n) is 5.91. The van der Waals surface area contributed by atoms with Crippen molar-refractivity contribution in [2.45, 2.75) is 43.6 Å². The SMILES string of the molecule is O=C(O)N1CCN(S(=O)(=O)CCCOc2ccc3c(c2)C(C2(c4ccc(Cl)cc4)CCC2)NCC3)CC1. The molecule has 0 spiro atoms. The predicted molar refractivity (Wildman–Crippen MR) is 143 cm³/mol. The summed E-state index contributed by atoms with van der Waals surface area (Å²) in [5.41, 5.74) is 3.95. The highest BCUT2D eigenvalue weighted by molar-refractivity contribution is 7.89. The second-order valence-electron chi connectivity index (χ2n) is 10.2. The summed E-state index contributed by atoms with van der Waals surface area (Å²) in [5, 5.41) is 13.6. The van der Waals surface area contributed by atoms with Crippen LogP contribution in [0.25, 0.3) is 0 Å². The third kappa shape index (κ3) is 5.46. The molecule has 1 unspecified atom stereocenters. The van der Waals surface area contributed by atoms with Gasteiger partial charge in [-0.15, -0.1) is 0 Å². The minimum absolute atomic E-state index is 0.0190. The second-order valence-corrected chi connectivity index (χ2v) is 12.7. The maximum absolute atomic E-state index is 12.7. The second kappa shape index (κ2) is 10.8. The van der Waals surface area contributed by atoms with Crippen molar-refractivity contribution in [3.8, 4) is 5.75 Å². The number of carbonyl (C=O) groups is 1. The zero-order valence-corrected chi connectivity index (χ0v) is 22.4. The van der Waals surface area contributed by atoms with Crippen LogP contribution in [-0.4, -0.2) is 73.9 Å². The molecule has 2 aliphatic heterocycles. The fourth-order valence-corrected chi connectivity index (χ4v) is 7.50. The van der Waals surface area contributed by atoms with Crippen molar-refractivity contribution in [3.05, 3.63) is 64.2 Å². The molecule has 3 aliphatic rings. The molecule has 37 heavy (non-hydrogen) atoms. The number of amides is 1. The average molecular weight is 548 g/mol. The number of halogens is 1. The van der Waals surface area contributed by atoms with E-state index in [1.165, 1.54) is 32.3 Å². The van der Waals surface area contributed by atoms with E-state index in [0.29, 0.717) is 13.0 Å². The lowest BCUT2D eigenvalue weighted by molar-refractivity contribution is 0.126. The molecule has 2 fully saturated rings. The summed E-state index contributed by atoms with van der Waals surface area (Å²) in [5.74, 6) is 0.736. The number of piperazine rings is 1. The minimum atomic E-state index is -3.44. The molecule has 10 heteroatoms. The van der Waals surface area contributed by atoms with Gasteiger partial charge in [0.25, 0.3) is 0 Å². The summed E-state index contributed by atoms with van der Waals surface area (Å²) >= 11 is 6.16. The van der Waals surface area contributed by atoms with Crippen LogP contribution in [-0.2, 0) is 21.9 Å². The van der Waals surface area contributed by atoms with E-state index in [0.717, 1.165) is 36.6 Å². The molecule has 1 saturated heterocycles. The first-order chi connectivity index (χ1) is 17.8. The molecular formula is C27H34ClN3O5S. The summed E-state index contributed by atoms with van der Waals surface area (Å²) in [6.45, 7) is 2.03. The van der Waals surface area contributed by atoms with Gasteiger partial charge in [-0.1, -0.05) is 36.2 Å². The minimum Gasteiger partial charge on any atom is -0.494 e. The Morgan fingerprint density at radius 1 is 1.11 bits per heavy atom. The lowest BCUT2D eigenvalue weighted by Gasteiger charge is -2.50. The number of nitrogens with one attached hydrogen (secondary N) is 1. The van der Waals surface area contributed by atoms with Crippen molar-refractivity contribution in [1.29, 1.82) is 0 Å². The molecule has 8 nitrogen and oxygen atoms in total. The van der Waals surface area contributed by atoms with Crippen LogP contribution >= 0.6 is 11.6 Å². The van der Waals surface area contributed by atoms with Crippen molar-refractivity contribution in [2.75, 3.05) is 45.1 Å². The molecular weight excluding hydrogens is 514 g/mol. The van der Waals surface area contributed by atoms with Crippen LogP contribution in [0, 0.1) is 0 Å². The van der Waals surface area contributed by atoms with Gasteiger partial charge >= 0.3 is 6.09 Å². The van der Waals surface area contributed by atoms with E-state index < -0.39 is 16.1 Å². The summed E-state index contributed by atoms with van der Waals surface area (Å²) in [6, 6.07) is 14.7. The maximum Gasteiger partial charge on any atom is 0.407 e. The van der Waals surface area contributed by atoms with Crippen LogP contribution in [0.1, 0.15) is 48.4 Å². The average Bonchev–Trinajstić information content (AvgIpc) is 2.87. The number of nitrogens with zero attached hydrogens (tertiary/aromatic N) is 2. The van der Waals surface area contributed by atoms with Gasteiger partial charge in [-0.25, -0.2) is 13.2 Å². The van der Waals surface area contributed by atoms with E-state index in [2.05, 4.69) is 29.6 Å². The quantitative estimate of drug-likeness (QED) is 0.484. The van der Waals surface area contributed by atoms with Gasteiger partial charge in [0.15, 0.2) is 0 Å². The maximum atomic E-state index is 12.7. The Balaban J connectivity index is 1.22. The molecule has 0 aromatic heterocycles. The highest BCUT2D eigenvalue weighted by atomic mass is 35.5. The van der Waals surface area contributed by atoms with Crippen molar-refractivity contribution < 1.29 is 23.1 Å². The van der Waals surface area contributed by atoms with Crippen LogP contribution in [0.3, 0.4) is 0 Å². The first kappa shape index (κ1) is 26.3. The van der Waals surface area contributed by atoms with E-state index in [4.69, 9.17) is 21.4 Å². The lowest BCUT2D eigenvalue weighted by Crippen LogP contribution is -2.50. The molecule has 1 saturated carbocycles. The number of ether oxygens (including phenoxy) is 1. The molecule has 200 valence electrons. The highest BCUT2D eigenvalue weighted by Gasteiger charge is 2.47. The molecule has 2 aromatic rings. The van der Waals surface area contributed by atoms with Gasteiger partial charge < -0.3 is 20.1 Å². The van der Waals surface area contributed by atoms with E-state index in [-0.39, 0.29) is 43.4 Å². The molecule has 1 atom stereocenters. The van der Waals surface area contributed by atoms with Gasteiger partial charge in [0.1, 0.15) is 5.75 Å². The summed E-state index contributed by atoms with van der Waals surface area (Å²) in [7, 11) is -3.44. The summed E-state index contributed by atoms with van der Waals surface area (Å²) < 4.78 is 32.8. The first-order valence-corrected chi connectivity index (χ1v) is 15.0. The monoisotopic (exact) mass is 547 g/mol. The van der Waals surface area contributed by atoms with Crippen LogP contribution in [0.4, 0.5) is 4.79 Å². The third-order valence-electron chi connectivity index (χ3n) is 8.11. The Hall–Kier alpha value is -2.33. The van der Waals surface area contributed by atoms with Gasteiger partial charge in [0.05, 0.1) is 12.4 Å². The molecule has 1 aliphatic carbocycles. The summed E-state index contributed by atoms with van der Waals surface area (Å²) in [6.07, 6.45) is 3.77. The van der Waals surface area contributed by atoms with Gasteiger partial charge in [0.2, 0.25) is 10.0 Å². The van der Waals surface area contributed by atoms with Gasteiger partial charge in [-0.2, -0.15) is 4.31 Å². The van der Waals surface area contributed by atoms with Crippen molar-refractivity contribution >= 4 is 27.7 Å². The molecule has 1 amide bonds. The fraction of sp³-hybridized carbons (Fsp3) is 0.519. The van der Waals surface area contributed by atoms with Crippen LogP contribution in [0.2, 0.25) is 5.02 Å². The number of carboxylic acid groups (broad SMARTS) is 1. The number of sulfonamides is 1. The predicted octanol–water partition coefficient (Wildman–Crippen LogP) is 4.04. The van der Waals surface area contributed by atoms with E-state index in [1.807, 2.05) is 18.2 Å². The van der Waals surface area contributed by atoms with E-state index >= 15 is 0 Å². The number of hydrogen-bond donors (Lipinski definition) is 2. The van der Waals surface area contributed by atoms with Crippen LogP contribution in [0.5, 0.6) is 5.75 Å². The van der Waals surface area contributed by atoms with Gasteiger partial charge in [-0.05, 0) is 73.2 Å². The highest BCUT2D eigenvalue weighted by Crippen LogP contribution is 2.53. The van der Waals surface area contributed by atoms with Crippen molar-refractivity contribution in [2.24, 2.45) is 0 Å². The number of hydrogen-bond acceptors (Lipinski definition) is 5. The van der Waals surface area contributed by atoms with E-state index in [9.17, 15) is 13.2 Å². The zero-order valence-electron chi connectivity index (χ0n) is 20.9. The van der Waals surface area contributed by atoms with E-state index in [1.54, 1.807) is 0 Å². The van der Waals surface area contributed by atoms with Crippen LogP contribution < -0.4 is 10.1 Å².